The molecule has 0 bridgehead atoms. The number of nitrogens with one attached hydrogen (secondary N) is 1. The van der Waals surface area contributed by atoms with E-state index in [1.807, 2.05) is 0 Å². The highest BCUT2D eigenvalue weighted by atomic mass is 16.1. The molecule has 0 aliphatic rings. The predicted molar refractivity (Wildman–Crippen MR) is 67.3 cm³/mol. The first kappa shape index (κ1) is 13.6. The fraction of sp³-hybridized carbons (Fsp3) is 0.583. The average Bonchev–Trinajstić information content (AvgIpc) is 2.35. The van der Waals surface area contributed by atoms with Crippen LogP contribution in [-0.2, 0) is 4.79 Å². The molecule has 1 heterocycles. The number of hydrogen-bond donors (Lipinski definition) is 2. The molecule has 1 atom stereocenters. The Labute approximate surface area is 102 Å². The fourth-order valence-corrected chi connectivity index (χ4v) is 1.69. The Morgan fingerprint density at radius 3 is 2.88 bits per heavy atom. The molecule has 1 aromatic heterocycles. The quantitative estimate of drug-likeness (QED) is 0.753. The van der Waals surface area contributed by atoms with Crippen molar-refractivity contribution in [1.82, 2.24) is 9.97 Å². The molecule has 0 fully saturated rings. The zero-order chi connectivity index (χ0) is 12.5. The molecule has 1 unspecified atom stereocenters. The van der Waals surface area contributed by atoms with Crippen LogP contribution in [0.2, 0.25) is 0 Å². The molecule has 0 spiro atoms. The maximum atomic E-state index is 11.6. The number of rotatable bonds is 7. The molecule has 0 radical (unpaired) electrons. The standard InChI is InChI=1S/C12H20N4O/c1-2-10(5-6-13)3-4-12(17)16-11-9-14-7-8-15-11/h7-10H,2-6,13H2,1H3,(H,15,16,17). The minimum Gasteiger partial charge on any atom is -0.330 e. The Hall–Kier alpha value is -1.49. The van der Waals surface area contributed by atoms with E-state index < -0.39 is 0 Å². The van der Waals surface area contributed by atoms with Crippen LogP contribution in [0.5, 0.6) is 0 Å². The van der Waals surface area contributed by atoms with Gasteiger partial charge in [-0.3, -0.25) is 9.78 Å². The summed E-state index contributed by atoms with van der Waals surface area (Å²) in [5.74, 6) is 1.03. The second kappa shape index (κ2) is 7.73. The molecule has 0 aliphatic carbocycles. The zero-order valence-electron chi connectivity index (χ0n) is 10.2. The highest BCUT2D eigenvalue weighted by Gasteiger charge is 2.09. The molecule has 1 aromatic rings. The third-order valence-electron chi connectivity index (χ3n) is 2.76. The molecule has 1 rings (SSSR count). The van der Waals surface area contributed by atoms with Crippen LogP contribution in [0.3, 0.4) is 0 Å². The largest absolute Gasteiger partial charge is 0.330 e. The summed E-state index contributed by atoms with van der Waals surface area (Å²) in [4.78, 5) is 19.5. The lowest BCUT2D eigenvalue weighted by molar-refractivity contribution is -0.116. The first-order chi connectivity index (χ1) is 8.26. The highest BCUT2D eigenvalue weighted by Crippen LogP contribution is 2.14. The summed E-state index contributed by atoms with van der Waals surface area (Å²) in [6.07, 6.45) is 8.09. The highest BCUT2D eigenvalue weighted by molar-refractivity contribution is 5.89. The van der Waals surface area contributed by atoms with E-state index in [1.54, 1.807) is 12.4 Å². The number of carbonyl (C=O) groups excluding carboxylic acids is 1. The van der Waals surface area contributed by atoms with Crippen LogP contribution in [0, 0.1) is 5.92 Å². The summed E-state index contributed by atoms with van der Waals surface area (Å²) in [7, 11) is 0. The van der Waals surface area contributed by atoms with Gasteiger partial charge in [-0.15, -0.1) is 0 Å². The molecule has 5 heteroatoms. The van der Waals surface area contributed by atoms with Crippen molar-refractivity contribution in [2.24, 2.45) is 11.7 Å². The van der Waals surface area contributed by atoms with Crippen molar-refractivity contribution in [2.45, 2.75) is 32.6 Å². The lowest BCUT2D eigenvalue weighted by atomic mass is 9.96. The number of carbonyl (C=O) groups is 1. The van der Waals surface area contributed by atoms with E-state index in [1.165, 1.54) is 6.20 Å². The fourth-order valence-electron chi connectivity index (χ4n) is 1.69. The molecule has 5 nitrogen and oxygen atoms in total. The van der Waals surface area contributed by atoms with Gasteiger partial charge in [-0.1, -0.05) is 13.3 Å². The van der Waals surface area contributed by atoms with Gasteiger partial charge < -0.3 is 11.1 Å². The maximum absolute atomic E-state index is 11.6. The SMILES string of the molecule is CCC(CCN)CCC(=O)Nc1cnccn1. The van der Waals surface area contributed by atoms with Gasteiger partial charge in [0.25, 0.3) is 0 Å². The Morgan fingerprint density at radius 1 is 1.47 bits per heavy atom. The van der Waals surface area contributed by atoms with Crippen LogP contribution in [0.1, 0.15) is 32.6 Å². The summed E-state index contributed by atoms with van der Waals surface area (Å²) in [5.41, 5.74) is 5.52. The van der Waals surface area contributed by atoms with E-state index >= 15 is 0 Å². The Morgan fingerprint density at radius 2 is 2.29 bits per heavy atom. The summed E-state index contributed by atoms with van der Waals surface area (Å²) in [5, 5.41) is 2.72. The van der Waals surface area contributed by atoms with Crippen molar-refractivity contribution in [3.8, 4) is 0 Å². The smallest absolute Gasteiger partial charge is 0.225 e. The number of aromatic nitrogens is 2. The van der Waals surface area contributed by atoms with Crippen molar-refractivity contribution in [2.75, 3.05) is 11.9 Å². The van der Waals surface area contributed by atoms with Gasteiger partial charge in [0, 0.05) is 18.8 Å². The first-order valence-corrected chi connectivity index (χ1v) is 6.02. The van der Waals surface area contributed by atoms with Crippen LogP contribution in [-0.4, -0.2) is 22.4 Å². The average molecular weight is 236 g/mol. The third-order valence-corrected chi connectivity index (χ3v) is 2.76. The molecule has 0 aromatic carbocycles. The number of nitrogens with two attached hydrogens (primary N) is 1. The number of anilines is 1. The number of hydrogen-bond acceptors (Lipinski definition) is 4. The summed E-state index contributed by atoms with van der Waals surface area (Å²) >= 11 is 0. The van der Waals surface area contributed by atoms with Gasteiger partial charge in [-0.25, -0.2) is 4.98 Å². The molecule has 17 heavy (non-hydrogen) atoms. The normalized spacial score (nSPS) is 12.1. The van der Waals surface area contributed by atoms with Crippen molar-refractivity contribution >= 4 is 11.7 Å². The van der Waals surface area contributed by atoms with Gasteiger partial charge in [0.15, 0.2) is 5.82 Å². The van der Waals surface area contributed by atoms with Crippen LogP contribution in [0.4, 0.5) is 5.82 Å². The van der Waals surface area contributed by atoms with E-state index in [2.05, 4.69) is 22.2 Å². The van der Waals surface area contributed by atoms with Crippen LogP contribution in [0.25, 0.3) is 0 Å². The maximum Gasteiger partial charge on any atom is 0.225 e. The number of nitrogens with zero attached hydrogens (tertiary/aromatic N) is 2. The van der Waals surface area contributed by atoms with Crippen molar-refractivity contribution in [1.29, 1.82) is 0 Å². The van der Waals surface area contributed by atoms with Crippen molar-refractivity contribution in [3.05, 3.63) is 18.6 Å². The minimum absolute atomic E-state index is 0.0130. The van der Waals surface area contributed by atoms with Crippen LogP contribution in [0.15, 0.2) is 18.6 Å². The molecular formula is C12H20N4O. The molecule has 0 saturated carbocycles. The Kier molecular flexibility index (Phi) is 6.17. The van der Waals surface area contributed by atoms with Crippen LogP contribution >= 0.6 is 0 Å². The molecule has 94 valence electrons. The molecule has 0 aliphatic heterocycles. The zero-order valence-corrected chi connectivity index (χ0v) is 10.2. The van der Waals surface area contributed by atoms with E-state index in [-0.39, 0.29) is 5.91 Å². The van der Waals surface area contributed by atoms with Gasteiger partial charge in [-0.05, 0) is 25.3 Å². The predicted octanol–water partition coefficient (Wildman–Crippen LogP) is 1.57. The second-order valence-electron chi connectivity index (χ2n) is 4.03. The van der Waals surface area contributed by atoms with Gasteiger partial charge >= 0.3 is 0 Å². The van der Waals surface area contributed by atoms with E-state index in [0.717, 1.165) is 19.3 Å². The van der Waals surface area contributed by atoms with Gasteiger partial charge in [0.05, 0.1) is 6.20 Å². The lowest BCUT2D eigenvalue weighted by Crippen LogP contribution is -2.15. The minimum atomic E-state index is -0.0130. The van der Waals surface area contributed by atoms with Gasteiger partial charge in [0.2, 0.25) is 5.91 Å². The van der Waals surface area contributed by atoms with E-state index in [0.29, 0.717) is 24.7 Å². The summed E-state index contributed by atoms with van der Waals surface area (Å²) in [6.45, 7) is 2.81. The topological polar surface area (TPSA) is 80.9 Å². The van der Waals surface area contributed by atoms with Crippen molar-refractivity contribution in [3.63, 3.8) is 0 Å². The summed E-state index contributed by atoms with van der Waals surface area (Å²) in [6, 6.07) is 0. The Bertz CT molecular complexity index is 329. The lowest BCUT2D eigenvalue weighted by Gasteiger charge is -2.12. The molecule has 3 N–H and O–H groups in total. The van der Waals surface area contributed by atoms with E-state index in [9.17, 15) is 4.79 Å². The number of amides is 1. The summed E-state index contributed by atoms with van der Waals surface area (Å²) < 4.78 is 0. The third kappa shape index (κ3) is 5.40. The second-order valence-corrected chi connectivity index (χ2v) is 4.03. The van der Waals surface area contributed by atoms with Crippen LogP contribution < -0.4 is 11.1 Å². The van der Waals surface area contributed by atoms with Crippen molar-refractivity contribution < 1.29 is 4.79 Å². The van der Waals surface area contributed by atoms with Gasteiger partial charge in [0.1, 0.15) is 0 Å². The molecule has 0 saturated heterocycles. The first-order valence-electron chi connectivity index (χ1n) is 6.02. The molecular weight excluding hydrogens is 216 g/mol. The Balaban J connectivity index is 2.30. The van der Waals surface area contributed by atoms with Gasteiger partial charge in [-0.2, -0.15) is 0 Å². The monoisotopic (exact) mass is 236 g/mol. The van der Waals surface area contributed by atoms with E-state index in [4.69, 9.17) is 5.73 Å². The molecule has 1 amide bonds.